The number of benzene rings is 3. The topological polar surface area (TPSA) is 120 Å². The monoisotopic (exact) mass is 467 g/mol. The van der Waals surface area contributed by atoms with Crippen molar-refractivity contribution in [1.29, 1.82) is 0 Å². The van der Waals surface area contributed by atoms with Crippen LogP contribution in [0.4, 0.5) is 17.1 Å². The molecule has 3 aromatic rings. The van der Waals surface area contributed by atoms with Gasteiger partial charge in [0.05, 0.1) is 24.9 Å². The Morgan fingerprint density at radius 3 is 2.18 bits per heavy atom. The van der Waals surface area contributed by atoms with E-state index in [2.05, 4.69) is 10.6 Å². The van der Waals surface area contributed by atoms with Crippen molar-refractivity contribution in [3.8, 4) is 11.5 Å². The predicted octanol–water partition coefficient (Wildman–Crippen LogP) is 4.60. The average molecular weight is 468 g/mol. The number of hydrogen-bond acceptors (Lipinski definition) is 7. The molecule has 0 aromatic heterocycles. The zero-order chi connectivity index (χ0) is 23.8. The van der Waals surface area contributed by atoms with Crippen molar-refractivity contribution in [3.63, 3.8) is 0 Å². The fourth-order valence-corrected chi connectivity index (χ4v) is 3.58. The van der Waals surface area contributed by atoms with Gasteiger partial charge in [-0.15, -0.1) is 11.8 Å². The number of nitrogens with one attached hydrogen (secondary N) is 2. The van der Waals surface area contributed by atoms with E-state index in [-0.39, 0.29) is 17.3 Å². The number of nitrogens with zero attached hydrogens (tertiary/aromatic N) is 1. The molecule has 2 N–H and O–H groups in total. The van der Waals surface area contributed by atoms with Gasteiger partial charge < -0.3 is 20.1 Å². The molecular formula is C23H21N3O6S. The first-order chi connectivity index (χ1) is 15.9. The molecule has 10 heteroatoms. The van der Waals surface area contributed by atoms with Gasteiger partial charge >= 0.3 is 0 Å². The van der Waals surface area contributed by atoms with Crippen molar-refractivity contribution >= 4 is 40.6 Å². The first kappa shape index (κ1) is 23.6. The molecule has 0 aliphatic carbocycles. The van der Waals surface area contributed by atoms with Crippen LogP contribution in [0.2, 0.25) is 0 Å². The molecule has 0 fully saturated rings. The number of rotatable bonds is 9. The number of hydrogen-bond donors (Lipinski definition) is 2. The lowest BCUT2D eigenvalue weighted by Crippen LogP contribution is -2.14. The maximum atomic E-state index is 12.4. The maximum absolute atomic E-state index is 12.4. The third kappa shape index (κ3) is 6.71. The zero-order valence-corrected chi connectivity index (χ0v) is 18.7. The quantitative estimate of drug-likeness (QED) is 0.268. The van der Waals surface area contributed by atoms with E-state index in [4.69, 9.17) is 9.47 Å². The Bertz CT molecular complexity index is 1140. The van der Waals surface area contributed by atoms with Gasteiger partial charge in [-0.05, 0) is 30.3 Å². The van der Waals surface area contributed by atoms with Crippen molar-refractivity contribution in [2.75, 3.05) is 30.6 Å². The summed E-state index contributed by atoms with van der Waals surface area (Å²) in [5.74, 6) is 0.675. The lowest BCUT2D eigenvalue weighted by molar-refractivity contribution is -0.384. The fourth-order valence-electron chi connectivity index (χ4n) is 2.83. The van der Waals surface area contributed by atoms with Crippen molar-refractivity contribution in [1.82, 2.24) is 0 Å². The minimum Gasteiger partial charge on any atom is -0.497 e. The summed E-state index contributed by atoms with van der Waals surface area (Å²) >= 11 is 1.31. The van der Waals surface area contributed by atoms with Crippen molar-refractivity contribution < 1.29 is 24.0 Å². The van der Waals surface area contributed by atoms with Crippen LogP contribution in [0.3, 0.4) is 0 Å². The smallest absolute Gasteiger partial charge is 0.269 e. The molecule has 9 nitrogen and oxygen atoms in total. The van der Waals surface area contributed by atoms with Gasteiger partial charge in [0.25, 0.3) is 11.6 Å². The Labute approximate surface area is 194 Å². The van der Waals surface area contributed by atoms with E-state index in [9.17, 15) is 19.7 Å². The molecule has 0 saturated carbocycles. The molecule has 33 heavy (non-hydrogen) atoms. The molecule has 3 rings (SSSR count). The molecule has 0 spiro atoms. The van der Waals surface area contributed by atoms with E-state index in [0.717, 1.165) is 4.90 Å². The number of amides is 2. The second kappa shape index (κ2) is 11.0. The summed E-state index contributed by atoms with van der Waals surface area (Å²) in [4.78, 5) is 35.8. The third-order valence-corrected chi connectivity index (χ3v) is 5.43. The molecule has 170 valence electrons. The lowest BCUT2D eigenvalue weighted by Gasteiger charge is -2.10. The van der Waals surface area contributed by atoms with Crippen LogP contribution < -0.4 is 20.1 Å². The SMILES string of the molecule is COc1cc(NC(=O)CSc2cccc(NC(=O)c3ccc([N+](=O)[O-])cc3)c2)cc(OC)c1. The Hall–Kier alpha value is -4.05. The normalized spacial score (nSPS) is 10.2. The highest BCUT2D eigenvalue weighted by Crippen LogP contribution is 2.27. The third-order valence-electron chi connectivity index (χ3n) is 4.44. The van der Waals surface area contributed by atoms with Crippen LogP contribution in [-0.4, -0.2) is 36.7 Å². The van der Waals surface area contributed by atoms with Gasteiger partial charge in [0.1, 0.15) is 11.5 Å². The fraction of sp³-hybridized carbons (Fsp3) is 0.130. The Morgan fingerprint density at radius 2 is 1.58 bits per heavy atom. The van der Waals surface area contributed by atoms with Gasteiger partial charge in [0, 0.05) is 52.2 Å². The summed E-state index contributed by atoms with van der Waals surface area (Å²) in [5.41, 5.74) is 1.31. The van der Waals surface area contributed by atoms with Crippen molar-refractivity contribution in [2.24, 2.45) is 0 Å². The Balaban J connectivity index is 1.58. The van der Waals surface area contributed by atoms with Crippen molar-refractivity contribution in [3.05, 3.63) is 82.4 Å². The van der Waals surface area contributed by atoms with E-state index >= 15 is 0 Å². The van der Waals surface area contributed by atoms with E-state index in [1.54, 1.807) is 36.4 Å². The molecule has 0 radical (unpaired) electrons. The van der Waals surface area contributed by atoms with Crippen LogP contribution >= 0.6 is 11.8 Å². The summed E-state index contributed by atoms with van der Waals surface area (Å²) < 4.78 is 10.4. The van der Waals surface area contributed by atoms with Gasteiger partial charge in [-0.3, -0.25) is 19.7 Å². The molecular weight excluding hydrogens is 446 g/mol. The lowest BCUT2D eigenvalue weighted by atomic mass is 10.2. The number of nitro benzene ring substituents is 1. The first-order valence-electron chi connectivity index (χ1n) is 9.69. The highest BCUT2D eigenvalue weighted by Gasteiger charge is 2.11. The number of ether oxygens (including phenoxy) is 2. The number of thioether (sulfide) groups is 1. The minimum atomic E-state index is -0.524. The largest absolute Gasteiger partial charge is 0.497 e. The van der Waals surface area contributed by atoms with E-state index in [1.807, 2.05) is 6.07 Å². The first-order valence-corrected chi connectivity index (χ1v) is 10.7. The summed E-state index contributed by atoms with van der Waals surface area (Å²) in [6, 6.07) is 17.5. The molecule has 0 atom stereocenters. The Kier molecular flexibility index (Phi) is 7.87. The van der Waals surface area contributed by atoms with E-state index < -0.39 is 10.8 Å². The predicted molar refractivity (Wildman–Crippen MR) is 126 cm³/mol. The number of nitro groups is 1. The summed E-state index contributed by atoms with van der Waals surface area (Å²) in [6.45, 7) is 0. The zero-order valence-electron chi connectivity index (χ0n) is 17.9. The highest BCUT2D eigenvalue weighted by molar-refractivity contribution is 8.00. The van der Waals surface area contributed by atoms with E-state index in [1.165, 1.54) is 50.2 Å². The van der Waals surface area contributed by atoms with Crippen LogP contribution in [0.25, 0.3) is 0 Å². The highest BCUT2D eigenvalue weighted by atomic mass is 32.2. The summed E-state index contributed by atoms with van der Waals surface area (Å²) in [7, 11) is 3.06. The average Bonchev–Trinajstić information content (AvgIpc) is 2.82. The van der Waals surface area contributed by atoms with E-state index in [0.29, 0.717) is 28.4 Å². The summed E-state index contributed by atoms with van der Waals surface area (Å²) in [5, 5.41) is 16.3. The van der Waals surface area contributed by atoms with Crippen LogP contribution in [-0.2, 0) is 4.79 Å². The second-order valence-corrected chi connectivity index (χ2v) is 7.77. The molecule has 3 aromatic carbocycles. The van der Waals surface area contributed by atoms with Gasteiger partial charge in [0.15, 0.2) is 0 Å². The van der Waals surface area contributed by atoms with Gasteiger partial charge in [0.2, 0.25) is 5.91 Å². The van der Waals surface area contributed by atoms with Crippen molar-refractivity contribution in [2.45, 2.75) is 4.90 Å². The number of carbonyl (C=O) groups excluding carboxylic acids is 2. The number of anilines is 2. The molecule has 0 bridgehead atoms. The standard InChI is InChI=1S/C23H21N3O6S/c1-31-19-10-17(11-20(13-19)32-2)24-22(27)14-33-21-5-3-4-16(12-21)25-23(28)15-6-8-18(9-7-15)26(29)30/h3-13H,14H2,1-2H3,(H,24,27)(H,25,28). The number of methoxy groups -OCH3 is 2. The Morgan fingerprint density at radius 1 is 0.909 bits per heavy atom. The van der Waals surface area contributed by atoms with Gasteiger partial charge in [-0.25, -0.2) is 0 Å². The van der Waals surface area contributed by atoms with Crippen LogP contribution in [0.15, 0.2) is 71.6 Å². The molecule has 0 heterocycles. The molecule has 0 saturated heterocycles. The van der Waals surface area contributed by atoms with Gasteiger partial charge in [-0.2, -0.15) is 0 Å². The minimum absolute atomic E-state index is 0.0874. The molecule has 0 unspecified atom stereocenters. The van der Waals surface area contributed by atoms with Crippen LogP contribution in [0.5, 0.6) is 11.5 Å². The molecule has 0 aliphatic heterocycles. The number of non-ortho nitro benzene ring substituents is 1. The number of carbonyl (C=O) groups is 2. The van der Waals surface area contributed by atoms with Crippen LogP contribution in [0, 0.1) is 10.1 Å². The molecule has 2 amide bonds. The summed E-state index contributed by atoms with van der Waals surface area (Å²) in [6.07, 6.45) is 0. The molecule has 0 aliphatic rings. The van der Waals surface area contributed by atoms with Crippen LogP contribution in [0.1, 0.15) is 10.4 Å². The van der Waals surface area contributed by atoms with Gasteiger partial charge in [-0.1, -0.05) is 6.07 Å². The second-order valence-electron chi connectivity index (χ2n) is 6.72. The maximum Gasteiger partial charge on any atom is 0.269 e.